The van der Waals surface area contributed by atoms with Crippen LogP contribution in [0.5, 0.6) is 5.75 Å². The minimum Gasteiger partial charge on any atom is -0.491 e. The molecule has 0 amide bonds. The van der Waals surface area contributed by atoms with Gasteiger partial charge >= 0.3 is 5.63 Å². The van der Waals surface area contributed by atoms with Gasteiger partial charge in [-0.1, -0.05) is 6.92 Å². The van der Waals surface area contributed by atoms with Crippen LogP contribution in [0.2, 0.25) is 0 Å². The molecule has 2 heterocycles. The molecular weight excluding hydrogens is 330 g/mol. The molecule has 1 saturated heterocycles. The zero-order valence-corrected chi connectivity index (χ0v) is 15.4. The first-order chi connectivity index (χ1) is 12.6. The van der Waals surface area contributed by atoms with Gasteiger partial charge in [0, 0.05) is 23.6 Å². The minimum atomic E-state index is -0.522. The Labute approximate surface area is 153 Å². The van der Waals surface area contributed by atoms with Gasteiger partial charge in [0.2, 0.25) is 0 Å². The molecule has 1 aromatic carbocycles. The van der Waals surface area contributed by atoms with Gasteiger partial charge in [0.15, 0.2) is 0 Å². The molecule has 1 aliphatic carbocycles. The number of likely N-dealkylation sites (tertiary alicyclic amines) is 1. The maximum Gasteiger partial charge on any atom is 0.339 e. The maximum atomic E-state index is 12.1. The van der Waals surface area contributed by atoms with Crippen LogP contribution in [0.4, 0.5) is 0 Å². The number of aliphatic hydroxyl groups is 1. The lowest BCUT2D eigenvalue weighted by Gasteiger charge is -2.31. The highest BCUT2D eigenvalue weighted by molar-refractivity contribution is 5.83. The molecular formula is C21H27NO4. The fraction of sp³-hybridized carbons (Fsp3) is 0.571. The third kappa shape index (κ3) is 3.64. The van der Waals surface area contributed by atoms with Crippen molar-refractivity contribution in [2.45, 2.75) is 45.1 Å². The summed E-state index contributed by atoms with van der Waals surface area (Å²) in [5.41, 5.74) is 2.31. The third-order valence-corrected chi connectivity index (χ3v) is 5.73. The van der Waals surface area contributed by atoms with Crippen molar-refractivity contribution in [3.8, 4) is 5.75 Å². The Morgan fingerprint density at radius 1 is 1.27 bits per heavy atom. The summed E-state index contributed by atoms with van der Waals surface area (Å²) >= 11 is 0. The Morgan fingerprint density at radius 3 is 2.85 bits per heavy atom. The molecule has 1 aliphatic heterocycles. The van der Waals surface area contributed by atoms with E-state index < -0.39 is 6.10 Å². The number of rotatable bonds is 5. The number of aryl methyl sites for hydroxylation is 1. The second-order valence-electron chi connectivity index (χ2n) is 7.81. The van der Waals surface area contributed by atoms with E-state index in [1.165, 1.54) is 12.8 Å². The summed E-state index contributed by atoms with van der Waals surface area (Å²) in [6, 6.07) is 5.64. The molecule has 0 radical (unpaired) electrons. The van der Waals surface area contributed by atoms with Crippen molar-refractivity contribution in [2.75, 3.05) is 26.2 Å². The maximum absolute atomic E-state index is 12.1. The number of fused-ring (bicyclic) bond motifs is 3. The minimum absolute atomic E-state index is 0.221. The van der Waals surface area contributed by atoms with Crippen LogP contribution < -0.4 is 10.4 Å². The van der Waals surface area contributed by atoms with Gasteiger partial charge in [-0.2, -0.15) is 0 Å². The third-order valence-electron chi connectivity index (χ3n) is 5.73. The first-order valence-corrected chi connectivity index (χ1v) is 9.72. The van der Waals surface area contributed by atoms with Gasteiger partial charge in [-0.05, 0) is 68.8 Å². The number of benzene rings is 1. The van der Waals surface area contributed by atoms with Gasteiger partial charge in [0.05, 0.1) is 0 Å². The van der Waals surface area contributed by atoms with Crippen LogP contribution in [0.1, 0.15) is 37.3 Å². The summed E-state index contributed by atoms with van der Waals surface area (Å²) in [5, 5.41) is 11.3. The molecule has 26 heavy (non-hydrogen) atoms. The smallest absolute Gasteiger partial charge is 0.339 e. The van der Waals surface area contributed by atoms with E-state index in [1.807, 2.05) is 12.1 Å². The van der Waals surface area contributed by atoms with E-state index in [2.05, 4.69) is 11.8 Å². The summed E-state index contributed by atoms with van der Waals surface area (Å²) < 4.78 is 11.2. The van der Waals surface area contributed by atoms with Crippen LogP contribution in [-0.2, 0) is 12.8 Å². The standard InChI is InChI=1S/C21H27NO4/c1-14-7-9-22(10-8-14)12-15(23)13-25-16-5-6-18-17-3-2-4-19(17)21(24)26-20(18)11-16/h5-6,11,14-15,23H,2-4,7-10,12-13H2,1H3/t15-/m1/s1. The molecule has 4 rings (SSSR count). The molecule has 5 nitrogen and oxygen atoms in total. The zero-order valence-electron chi connectivity index (χ0n) is 15.4. The first-order valence-electron chi connectivity index (χ1n) is 9.72. The molecule has 1 atom stereocenters. The van der Waals surface area contributed by atoms with E-state index in [0.717, 1.165) is 54.8 Å². The van der Waals surface area contributed by atoms with Crippen molar-refractivity contribution in [3.05, 3.63) is 39.7 Å². The Kier molecular flexibility index (Phi) is 5.00. The summed E-state index contributed by atoms with van der Waals surface area (Å²) in [5.74, 6) is 1.42. The SMILES string of the molecule is CC1CCN(C[C@@H](O)COc2ccc3c4c(c(=O)oc3c2)CCC4)CC1. The molecule has 0 saturated carbocycles. The second-order valence-corrected chi connectivity index (χ2v) is 7.81. The van der Waals surface area contributed by atoms with Crippen molar-refractivity contribution in [3.63, 3.8) is 0 Å². The van der Waals surface area contributed by atoms with Crippen LogP contribution in [0.25, 0.3) is 11.0 Å². The molecule has 2 aromatic rings. The van der Waals surface area contributed by atoms with Crippen LogP contribution >= 0.6 is 0 Å². The van der Waals surface area contributed by atoms with Gasteiger partial charge < -0.3 is 19.2 Å². The van der Waals surface area contributed by atoms with Gasteiger partial charge in [-0.3, -0.25) is 0 Å². The van der Waals surface area contributed by atoms with Gasteiger partial charge in [0.1, 0.15) is 24.0 Å². The van der Waals surface area contributed by atoms with Crippen molar-refractivity contribution in [1.29, 1.82) is 0 Å². The van der Waals surface area contributed by atoms with Crippen LogP contribution in [0.3, 0.4) is 0 Å². The number of β-amino-alcohol motifs (C(OH)–C–C–N with tert-alkyl or cyclic N) is 1. The van der Waals surface area contributed by atoms with E-state index in [4.69, 9.17) is 9.15 Å². The molecule has 5 heteroatoms. The molecule has 1 N–H and O–H groups in total. The Balaban J connectivity index is 1.40. The number of hydrogen-bond acceptors (Lipinski definition) is 5. The van der Waals surface area contributed by atoms with Crippen molar-refractivity contribution in [2.24, 2.45) is 5.92 Å². The average Bonchev–Trinajstić information content (AvgIpc) is 3.12. The predicted octanol–water partition coefficient (Wildman–Crippen LogP) is 2.75. The lowest BCUT2D eigenvalue weighted by molar-refractivity contribution is 0.0563. The molecule has 140 valence electrons. The number of piperidine rings is 1. The Bertz CT molecular complexity index is 836. The van der Waals surface area contributed by atoms with Crippen molar-refractivity contribution in [1.82, 2.24) is 4.90 Å². The molecule has 1 fully saturated rings. The Morgan fingerprint density at radius 2 is 2.04 bits per heavy atom. The van der Waals surface area contributed by atoms with E-state index >= 15 is 0 Å². The largest absolute Gasteiger partial charge is 0.491 e. The van der Waals surface area contributed by atoms with E-state index in [-0.39, 0.29) is 12.2 Å². The summed E-state index contributed by atoms with van der Waals surface area (Å²) in [6.45, 7) is 5.26. The molecule has 0 unspecified atom stereocenters. The highest BCUT2D eigenvalue weighted by Crippen LogP contribution is 2.29. The van der Waals surface area contributed by atoms with Crippen LogP contribution in [-0.4, -0.2) is 42.4 Å². The van der Waals surface area contributed by atoms with E-state index in [1.54, 1.807) is 6.07 Å². The lowest BCUT2D eigenvalue weighted by Crippen LogP contribution is -2.40. The highest BCUT2D eigenvalue weighted by atomic mass is 16.5. The second kappa shape index (κ2) is 7.41. The quantitative estimate of drug-likeness (QED) is 0.834. The summed E-state index contributed by atoms with van der Waals surface area (Å²) in [7, 11) is 0. The molecule has 2 aliphatic rings. The van der Waals surface area contributed by atoms with E-state index in [0.29, 0.717) is 17.9 Å². The van der Waals surface area contributed by atoms with Crippen LogP contribution in [0, 0.1) is 5.92 Å². The predicted molar refractivity (Wildman–Crippen MR) is 101 cm³/mol. The number of aliphatic hydroxyl groups excluding tert-OH is 1. The Hall–Kier alpha value is -1.85. The summed E-state index contributed by atoms with van der Waals surface area (Å²) in [4.78, 5) is 14.4. The van der Waals surface area contributed by atoms with Crippen molar-refractivity contribution >= 4 is 11.0 Å². The number of hydrogen-bond donors (Lipinski definition) is 1. The summed E-state index contributed by atoms with van der Waals surface area (Å²) in [6.07, 6.45) is 4.63. The van der Waals surface area contributed by atoms with Gasteiger partial charge in [-0.25, -0.2) is 4.79 Å². The lowest BCUT2D eigenvalue weighted by atomic mass is 9.99. The normalized spacial score (nSPS) is 19.6. The fourth-order valence-electron chi connectivity index (χ4n) is 4.14. The zero-order chi connectivity index (χ0) is 18.1. The average molecular weight is 357 g/mol. The van der Waals surface area contributed by atoms with E-state index in [9.17, 15) is 9.90 Å². The monoisotopic (exact) mass is 357 g/mol. The number of ether oxygens (including phenoxy) is 1. The first kappa shape index (κ1) is 17.6. The van der Waals surface area contributed by atoms with Gasteiger partial charge in [-0.15, -0.1) is 0 Å². The molecule has 1 aromatic heterocycles. The number of nitrogens with zero attached hydrogens (tertiary/aromatic N) is 1. The molecule has 0 spiro atoms. The highest BCUT2D eigenvalue weighted by Gasteiger charge is 2.21. The van der Waals surface area contributed by atoms with Gasteiger partial charge in [0.25, 0.3) is 0 Å². The topological polar surface area (TPSA) is 62.9 Å². The molecule has 0 bridgehead atoms. The van der Waals surface area contributed by atoms with Crippen LogP contribution in [0.15, 0.2) is 27.4 Å². The fourth-order valence-corrected chi connectivity index (χ4v) is 4.14. The van der Waals surface area contributed by atoms with Crippen molar-refractivity contribution < 1.29 is 14.3 Å².